The van der Waals surface area contributed by atoms with E-state index < -0.39 is 5.54 Å². The third kappa shape index (κ3) is 6.58. The lowest BCUT2D eigenvalue weighted by molar-refractivity contribution is -0.143. The Labute approximate surface area is 252 Å². The smallest absolute Gasteiger partial charge is 0.307 e. The van der Waals surface area contributed by atoms with Crippen molar-refractivity contribution in [2.45, 2.75) is 44.0 Å². The van der Waals surface area contributed by atoms with E-state index in [-0.39, 0.29) is 22.8 Å². The second-order valence-corrected chi connectivity index (χ2v) is 11.8. The van der Waals surface area contributed by atoms with E-state index in [0.717, 1.165) is 24.2 Å². The van der Waals surface area contributed by atoms with Crippen LogP contribution in [0.5, 0.6) is 0 Å². The van der Waals surface area contributed by atoms with Gasteiger partial charge in [0, 0.05) is 31.5 Å². The number of hydrogen-bond acceptors (Lipinski definition) is 6. The average molecular weight is 580 g/mol. The van der Waals surface area contributed by atoms with Gasteiger partial charge >= 0.3 is 5.97 Å². The highest BCUT2D eigenvalue weighted by atomic mass is 32.2. The van der Waals surface area contributed by atoms with Gasteiger partial charge in [0.1, 0.15) is 0 Å². The number of hydrogen-bond donors (Lipinski definition) is 0. The van der Waals surface area contributed by atoms with Gasteiger partial charge < -0.3 is 4.74 Å². The first kappa shape index (κ1) is 29.5. The van der Waals surface area contributed by atoms with Crippen LogP contribution in [0.2, 0.25) is 0 Å². The highest BCUT2D eigenvalue weighted by Crippen LogP contribution is 2.45. The molecule has 6 nitrogen and oxygen atoms in total. The van der Waals surface area contributed by atoms with Gasteiger partial charge in [-0.05, 0) is 47.8 Å². The minimum atomic E-state index is -0.534. The molecule has 0 radical (unpaired) electrons. The summed E-state index contributed by atoms with van der Waals surface area (Å²) in [5.74, 6) is -0.229. The van der Waals surface area contributed by atoms with Crippen molar-refractivity contribution in [3.8, 4) is 0 Å². The number of carbonyl (C=O) groups is 2. The quantitative estimate of drug-likeness (QED) is 0.157. The highest BCUT2D eigenvalue weighted by molar-refractivity contribution is 8.14. The molecule has 1 aliphatic rings. The molecule has 216 valence electrons. The first-order valence-electron chi connectivity index (χ1n) is 14.5. The van der Waals surface area contributed by atoms with E-state index in [1.54, 1.807) is 18.5 Å². The summed E-state index contributed by atoms with van der Waals surface area (Å²) in [6.45, 7) is 5.76. The number of likely N-dealkylation sites (tertiary alicyclic amines) is 1. The van der Waals surface area contributed by atoms with Crippen LogP contribution in [-0.4, -0.2) is 50.7 Å². The highest BCUT2D eigenvalue weighted by Gasteiger charge is 2.44. The molecule has 0 spiro atoms. The second-order valence-electron chi connectivity index (χ2n) is 10.4. The summed E-state index contributed by atoms with van der Waals surface area (Å²) >= 11 is 1.40. The molecule has 0 saturated carbocycles. The largest absolute Gasteiger partial charge is 0.466 e. The lowest BCUT2D eigenvalue weighted by Gasteiger charge is -2.49. The number of rotatable bonds is 10. The van der Waals surface area contributed by atoms with E-state index >= 15 is 0 Å². The predicted octanol–water partition coefficient (Wildman–Crippen LogP) is 6.57. The van der Waals surface area contributed by atoms with Gasteiger partial charge in [-0.25, -0.2) is 0 Å². The molecule has 0 aliphatic carbocycles. The summed E-state index contributed by atoms with van der Waals surface area (Å²) in [5.41, 5.74) is 5.03. The molecular weight excluding hydrogens is 542 g/mol. The summed E-state index contributed by atoms with van der Waals surface area (Å²) in [5, 5.41) is 4.90. The van der Waals surface area contributed by atoms with Crippen LogP contribution in [0.3, 0.4) is 0 Å². The monoisotopic (exact) mass is 579 g/mol. The predicted molar refractivity (Wildman–Crippen MR) is 169 cm³/mol. The fourth-order valence-electron chi connectivity index (χ4n) is 5.91. The number of thioether (sulfide) groups is 1. The lowest BCUT2D eigenvalue weighted by atomic mass is 9.74. The van der Waals surface area contributed by atoms with Crippen molar-refractivity contribution in [3.63, 3.8) is 0 Å². The van der Waals surface area contributed by atoms with Crippen LogP contribution in [0.4, 0.5) is 0 Å². The first-order valence-corrected chi connectivity index (χ1v) is 15.4. The van der Waals surface area contributed by atoms with Crippen molar-refractivity contribution in [3.05, 3.63) is 131 Å². The number of ether oxygens (including phenoxy) is 1. The Bertz CT molecular complexity index is 1410. The summed E-state index contributed by atoms with van der Waals surface area (Å²) in [6, 6.07) is 34.1. The van der Waals surface area contributed by atoms with Gasteiger partial charge in [-0.1, -0.05) is 103 Å². The Balaban J connectivity index is 1.56. The number of carbonyl (C=O) groups excluding carboxylic acids is 2. The Hall–Kier alpha value is -3.94. The number of aromatic nitrogens is 2. The number of esters is 1. The molecule has 0 bridgehead atoms. The molecule has 4 aromatic rings. The molecule has 1 atom stereocenters. The maximum atomic E-state index is 12.3. The molecular formula is C35H37N3O3S. The van der Waals surface area contributed by atoms with Crippen LogP contribution >= 0.6 is 11.8 Å². The van der Waals surface area contributed by atoms with Gasteiger partial charge in [0.25, 0.3) is 0 Å². The van der Waals surface area contributed by atoms with Gasteiger partial charge in [0.2, 0.25) is 0 Å². The molecule has 3 aromatic carbocycles. The van der Waals surface area contributed by atoms with Crippen molar-refractivity contribution < 1.29 is 14.3 Å². The molecule has 1 fully saturated rings. The summed E-state index contributed by atoms with van der Waals surface area (Å²) < 4.78 is 6.84. The molecule has 1 aliphatic heterocycles. The fourth-order valence-corrected chi connectivity index (χ4v) is 6.83. The van der Waals surface area contributed by atoms with E-state index in [1.165, 1.54) is 28.5 Å². The Morgan fingerprint density at radius 2 is 1.50 bits per heavy atom. The van der Waals surface area contributed by atoms with E-state index in [1.807, 2.05) is 12.3 Å². The molecule has 1 saturated heterocycles. The maximum absolute atomic E-state index is 12.3. The van der Waals surface area contributed by atoms with E-state index in [9.17, 15) is 9.59 Å². The van der Waals surface area contributed by atoms with Gasteiger partial charge in [0.05, 0.1) is 30.8 Å². The SMILES string of the molecule is CCOC(=O)CCn1ccc(C=C2CN(C(c3ccccc3)(c3ccccc3)c3ccccc3)CC[C@H]2SC(C)=O)n1. The molecule has 1 aromatic heterocycles. The molecule has 5 rings (SSSR count). The molecule has 2 heterocycles. The van der Waals surface area contributed by atoms with Gasteiger partial charge in [0.15, 0.2) is 5.12 Å². The van der Waals surface area contributed by atoms with Crippen molar-refractivity contribution in [2.75, 3.05) is 19.7 Å². The molecule has 42 heavy (non-hydrogen) atoms. The number of nitrogens with zero attached hydrogens (tertiary/aromatic N) is 3. The minimum Gasteiger partial charge on any atom is -0.466 e. The number of benzene rings is 3. The van der Waals surface area contributed by atoms with Crippen LogP contribution in [0, 0.1) is 0 Å². The molecule has 0 unspecified atom stereocenters. The first-order chi connectivity index (χ1) is 20.5. The van der Waals surface area contributed by atoms with Crippen LogP contribution in [0.15, 0.2) is 109 Å². The molecule has 0 amide bonds. The Kier molecular flexibility index (Phi) is 9.72. The van der Waals surface area contributed by atoms with Gasteiger partial charge in [-0.15, -0.1) is 0 Å². The zero-order valence-corrected chi connectivity index (χ0v) is 25.0. The van der Waals surface area contributed by atoms with Crippen molar-refractivity contribution in [2.24, 2.45) is 0 Å². The summed E-state index contributed by atoms with van der Waals surface area (Å²) in [7, 11) is 0. The summed E-state index contributed by atoms with van der Waals surface area (Å²) in [6.07, 6.45) is 5.12. The van der Waals surface area contributed by atoms with Crippen molar-refractivity contribution >= 4 is 28.9 Å². The van der Waals surface area contributed by atoms with Crippen LogP contribution in [0.25, 0.3) is 6.08 Å². The van der Waals surface area contributed by atoms with Crippen molar-refractivity contribution in [1.29, 1.82) is 0 Å². The number of aryl methyl sites for hydroxylation is 1. The van der Waals surface area contributed by atoms with Crippen molar-refractivity contribution in [1.82, 2.24) is 14.7 Å². The third-order valence-corrected chi connectivity index (χ3v) is 8.81. The standard InChI is InChI=1S/C35H37N3O3S/c1-3-41-34(40)21-24-38-23-19-32(36-38)25-28-26-37(22-20-33(28)42-27(2)39)35(29-13-7-4-8-14-29,30-15-9-5-10-16-30)31-17-11-6-12-18-31/h4-19,23,25,33H,3,20-22,24,26H2,1-2H3/t33-/m1/s1. The molecule has 0 N–H and O–H groups in total. The lowest BCUT2D eigenvalue weighted by Crippen LogP contribution is -2.52. The van der Waals surface area contributed by atoms with Crippen LogP contribution in [-0.2, 0) is 26.4 Å². The Morgan fingerprint density at radius 1 is 0.929 bits per heavy atom. The molecule has 7 heteroatoms. The maximum Gasteiger partial charge on any atom is 0.307 e. The topological polar surface area (TPSA) is 64.4 Å². The van der Waals surface area contributed by atoms with Gasteiger partial charge in [-0.2, -0.15) is 5.10 Å². The third-order valence-electron chi connectivity index (χ3n) is 7.65. The second kappa shape index (κ2) is 13.8. The summed E-state index contributed by atoms with van der Waals surface area (Å²) in [4.78, 5) is 26.7. The Morgan fingerprint density at radius 3 is 2.02 bits per heavy atom. The van der Waals surface area contributed by atoms with E-state index in [4.69, 9.17) is 9.84 Å². The number of piperidine rings is 1. The van der Waals surface area contributed by atoms with Crippen LogP contribution in [0.1, 0.15) is 49.1 Å². The average Bonchev–Trinajstić information content (AvgIpc) is 3.46. The zero-order valence-electron chi connectivity index (χ0n) is 24.2. The van der Waals surface area contributed by atoms with Crippen LogP contribution < -0.4 is 0 Å². The zero-order chi connectivity index (χ0) is 29.4. The fraction of sp³-hybridized carbons (Fsp3) is 0.286. The normalized spacial score (nSPS) is 16.8. The minimum absolute atomic E-state index is 0.0588. The van der Waals surface area contributed by atoms with Gasteiger partial charge in [-0.3, -0.25) is 19.2 Å². The van der Waals surface area contributed by atoms with E-state index in [2.05, 4.69) is 102 Å². The van der Waals surface area contributed by atoms with E-state index in [0.29, 0.717) is 19.7 Å².